The monoisotopic (exact) mass is 525 g/mol. The minimum atomic E-state index is -5.00. The predicted molar refractivity (Wildman–Crippen MR) is 119 cm³/mol. The van der Waals surface area contributed by atoms with Crippen LogP contribution in [0.15, 0.2) is 30.5 Å². The highest BCUT2D eigenvalue weighted by Crippen LogP contribution is 2.37. The maximum absolute atomic E-state index is 13.4. The number of anilines is 1. The van der Waals surface area contributed by atoms with Gasteiger partial charge in [-0.1, -0.05) is 17.7 Å². The number of hydrogen-bond acceptors (Lipinski definition) is 8. The Bertz CT molecular complexity index is 1240. The zero-order valence-corrected chi connectivity index (χ0v) is 19.4. The van der Waals surface area contributed by atoms with Crippen LogP contribution in [0.25, 0.3) is 0 Å². The van der Waals surface area contributed by atoms with Gasteiger partial charge in [0.1, 0.15) is 0 Å². The molecular formula is C22H19ClF3N5O5. The molecule has 4 rings (SSSR count). The average Bonchev–Trinajstić information content (AvgIpc) is 3.17. The second-order valence-electron chi connectivity index (χ2n) is 7.60. The molecular weight excluding hydrogens is 507 g/mol. The number of halogens is 4. The number of aromatic nitrogens is 3. The smallest absolute Gasteiger partial charge is 0.412 e. The van der Waals surface area contributed by atoms with Crippen LogP contribution < -0.4 is 14.4 Å². The van der Waals surface area contributed by atoms with Gasteiger partial charge in [0.15, 0.2) is 17.3 Å². The molecule has 14 heteroatoms. The summed E-state index contributed by atoms with van der Waals surface area (Å²) in [5, 5.41) is 20.2. The maximum Gasteiger partial charge on any atom is 0.573 e. The molecule has 3 aromatic rings. The van der Waals surface area contributed by atoms with Crippen LogP contribution in [0.5, 0.6) is 17.5 Å². The van der Waals surface area contributed by atoms with E-state index in [0.29, 0.717) is 10.7 Å². The summed E-state index contributed by atoms with van der Waals surface area (Å²) in [5.74, 6) is -1.77. The molecule has 190 valence electrons. The Labute approximate surface area is 208 Å². The molecule has 1 aliphatic rings. The minimum absolute atomic E-state index is 0.00862. The van der Waals surface area contributed by atoms with E-state index in [4.69, 9.17) is 16.3 Å². The van der Waals surface area contributed by atoms with Crippen molar-refractivity contribution in [3.8, 4) is 17.5 Å². The first kappa shape index (κ1) is 25.4. The normalized spacial score (nSPS) is 15.5. The summed E-state index contributed by atoms with van der Waals surface area (Å²) in [6.07, 6.45) is -4.80. The maximum atomic E-state index is 13.4. The number of ether oxygens (including phenoxy) is 2. The van der Waals surface area contributed by atoms with E-state index in [9.17, 15) is 28.2 Å². The van der Waals surface area contributed by atoms with E-state index < -0.39 is 30.1 Å². The Balaban J connectivity index is 1.80. The number of carbonyl (C=O) groups excluding carboxylic acids is 1. The van der Waals surface area contributed by atoms with Crippen LogP contribution in [-0.4, -0.2) is 68.5 Å². The Morgan fingerprint density at radius 1 is 1.28 bits per heavy atom. The highest BCUT2D eigenvalue weighted by atomic mass is 35.5. The van der Waals surface area contributed by atoms with E-state index in [0.717, 1.165) is 17.0 Å². The summed E-state index contributed by atoms with van der Waals surface area (Å²) in [7, 11) is 1.48. The molecule has 0 aliphatic carbocycles. The van der Waals surface area contributed by atoms with Crippen LogP contribution in [0, 0.1) is 12.1 Å². The first-order valence-electron chi connectivity index (χ1n) is 10.5. The minimum Gasteiger partial charge on any atom is -0.412 e. The van der Waals surface area contributed by atoms with Gasteiger partial charge in [-0.3, -0.25) is 19.2 Å². The fourth-order valence-electron chi connectivity index (χ4n) is 3.52. The number of nitrogens with zero attached hydrogens (tertiary/aromatic N) is 5. The van der Waals surface area contributed by atoms with Gasteiger partial charge in [0.25, 0.3) is 5.91 Å². The Morgan fingerprint density at radius 2 is 2.06 bits per heavy atom. The van der Waals surface area contributed by atoms with Crippen molar-refractivity contribution < 1.29 is 37.7 Å². The molecule has 1 unspecified atom stereocenters. The first-order chi connectivity index (χ1) is 17.1. The van der Waals surface area contributed by atoms with E-state index >= 15 is 0 Å². The molecule has 2 N–H and O–H groups in total. The Kier molecular flexibility index (Phi) is 7.11. The third-order valence-corrected chi connectivity index (χ3v) is 5.37. The summed E-state index contributed by atoms with van der Waals surface area (Å²) in [5.41, 5.74) is 0.425. The van der Waals surface area contributed by atoms with E-state index in [1.165, 1.54) is 22.7 Å². The molecule has 0 fully saturated rings. The molecule has 36 heavy (non-hydrogen) atoms. The van der Waals surface area contributed by atoms with Crippen molar-refractivity contribution in [1.82, 2.24) is 19.4 Å². The van der Waals surface area contributed by atoms with Crippen LogP contribution in [0.2, 0.25) is 5.02 Å². The van der Waals surface area contributed by atoms with E-state index in [1.54, 1.807) is 12.1 Å². The zero-order valence-electron chi connectivity index (χ0n) is 18.7. The summed E-state index contributed by atoms with van der Waals surface area (Å²) in [6, 6.07) is 9.94. The molecule has 0 saturated heterocycles. The van der Waals surface area contributed by atoms with Crippen LogP contribution in [-0.2, 0) is 6.54 Å². The number of alkyl halides is 3. The van der Waals surface area contributed by atoms with Crippen molar-refractivity contribution >= 4 is 23.3 Å². The summed E-state index contributed by atoms with van der Waals surface area (Å²) >= 11 is 5.91. The second kappa shape index (κ2) is 10.1. The van der Waals surface area contributed by atoms with E-state index in [1.807, 2.05) is 0 Å². The van der Waals surface area contributed by atoms with Crippen molar-refractivity contribution in [2.75, 3.05) is 25.1 Å². The number of pyridine rings is 1. The number of carbonyl (C=O) groups is 1. The number of imidazole rings is 1. The molecule has 1 atom stereocenters. The number of fused-ring (bicyclic) bond motifs is 1. The van der Waals surface area contributed by atoms with Crippen molar-refractivity contribution in [3.63, 3.8) is 0 Å². The predicted octanol–water partition coefficient (Wildman–Crippen LogP) is 2.82. The lowest BCUT2D eigenvalue weighted by atomic mass is 10.2. The second-order valence-corrected chi connectivity index (χ2v) is 8.04. The number of amides is 1. The molecule has 0 spiro atoms. The SMILES string of the molecule is CN1c2nc(Oc3c#cccc3OC(F)(F)F)n(Cc3ccc(Cl)cn3)c2C(=O)N(CCCO)C1O. The molecule has 0 radical (unpaired) electrons. The van der Waals surface area contributed by atoms with Gasteiger partial charge in [-0.2, -0.15) is 4.98 Å². The van der Waals surface area contributed by atoms with Gasteiger partial charge in [0.05, 0.1) is 17.3 Å². The number of rotatable bonds is 8. The number of aliphatic hydroxyl groups is 2. The van der Waals surface area contributed by atoms with E-state index in [2.05, 4.69) is 26.8 Å². The molecule has 0 saturated carbocycles. The topological polar surface area (TPSA) is 113 Å². The van der Waals surface area contributed by atoms with Gasteiger partial charge in [0, 0.05) is 26.4 Å². The molecule has 2 aromatic heterocycles. The lowest BCUT2D eigenvalue weighted by Crippen LogP contribution is -2.54. The highest BCUT2D eigenvalue weighted by molar-refractivity contribution is 6.30. The largest absolute Gasteiger partial charge is 0.573 e. The van der Waals surface area contributed by atoms with Gasteiger partial charge < -0.3 is 24.6 Å². The standard InChI is InChI=1S/C22H19ClF3N5O5/c1-29-18-17(19(33)30(21(29)34)9-4-10-32)31(12-14-8-7-13(23)11-27-14)20(28-18)35-15-5-2-3-6-16(15)36-22(24,25)26/h3,6-8,11,21,32,34H,4,9-10,12H2,1H3. The van der Waals surface area contributed by atoms with Crippen molar-refractivity contribution in [3.05, 3.63) is 59.0 Å². The van der Waals surface area contributed by atoms with Gasteiger partial charge >= 0.3 is 12.4 Å². The number of aliphatic hydroxyl groups excluding tert-OH is 2. The molecule has 10 nitrogen and oxygen atoms in total. The van der Waals surface area contributed by atoms with E-state index in [-0.39, 0.29) is 43.6 Å². The summed E-state index contributed by atoms with van der Waals surface area (Å²) in [4.78, 5) is 24.3. The fraction of sp³-hybridized carbons (Fsp3) is 0.318. The van der Waals surface area contributed by atoms with Crippen molar-refractivity contribution in [1.29, 1.82) is 0 Å². The van der Waals surface area contributed by atoms with Crippen LogP contribution in [0.4, 0.5) is 19.0 Å². The van der Waals surface area contributed by atoms with Gasteiger partial charge in [-0.05, 0) is 36.8 Å². The third-order valence-electron chi connectivity index (χ3n) is 5.15. The number of hydrogen-bond donors (Lipinski definition) is 2. The van der Waals surface area contributed by atoms with Crippen LogP contribution in [0.1, 0.15) is 22.6 Å². The van der Waals surface area contributed by atoms with Gasteiger partial charge in [-0.25, -0.2) is 0 Å². The van der Waals surface area contributed by atoms with Crippen LogP contribution in [0.3, 0.4) is 0 Å². The Hall–Kier alpha value is -3.73. The van der Waals surface area contributed by atoms with Gasteiger partial charge in [-0.15, -0.1) is 13.2 Å². The lowest BCUT2D eigenvalue weighted by molar-refractivity contribution is -0.275. The van der Waals surface area contributed by atoms with Gasteiger partial charge in [0.2, 0.25) is 12.1 Å². The third kappa shape index (κ3) is 5.25. The molecule has 3 heterocycles. The molecule has 1 amide bonds. The van der Waals surface area contributed by atoms with Crippen molar-refractivity contribution in [2.24, 2.45) is 0 Å². The first-order valence-corrected chi connectivity index (χ1v) is 10.9. The molecule has 1 aromatic carbocycles. The highest BCUT2D eigenvalue weighted by Gasteiger charge is 2.40. The molecule has 1 aliphatic heterocycles. The quantitative estimate of drug-likeness (QED) is 0.462. The average molecular weight is 526 g/mol. The van der Waals surface area contributed by atoms with Crippen LogP contribution >= 0.6 is 11.6 Å². The fourth-order valence-corrected chi connectivity index (χ4v) is 3.63. The lowest BCUT2D eigenvalue weighted by Gasteiger charge is -2.38. The Morgan fingerprint density at radius 3 is 2.72 bits per heavy atom. The zero-order chi connectivity index (χ0) is 26.0. The van der Waals surface area contributed by atoms with Crippen molar-refractivity contribution in [2.45, 2.75) is 25.7 Å². The molecule has 0 bridgehead atoms. The summed E-state index contributed by atoms with van der Waals surface area (Å²) < 4.78 is 49.6. The summed E-state index contributed by atoms with van der Waals surface area (Å²) in [6.45, 7) is -0.256.